The average molecular weight is 381 g/mol. The molecule has 4 rings (SSSR count). The highest BCUT2D eigenvalue weighted by Gasteiger charge is 2.13. The first-order valence-corrected chi connectivity index (χ1v) is 8.91. The number of anilines is 1. The highest BCUT2D eigenvalue weighted by Crippen LogP contribution is 2.26. The highest BCUT2D eigenvalue weighted by molar-refractivity contribution is 6.32. The van der Waals surface area contributed by atoms with Crippen LogP contribution in [0.5, 0.6) is 0 Å². The number of para-hydroxylation sites is 2. The first kappa shape index (κ1) is 17.3. The number of hydrogen-bond donors (Lipinski definition) is 1. The Morgan fingerprint density at radius 1 is 1.15 bits per heavy atom. The highest BCUT2D eigenvalue weighted by atomic mass is 35.5. The topological polar surface area (TPSA) is 68.9 Å². The smallest absolute Gasteiger partial charge is 0.324 e. The van der Waals surface area contributed by atoms with E-state index in [1.54, 1.807) is 34.5 Å². The van der Waals surface area contributed by atoms with Crippen molar-refractivity contribution >= 4 is 45.1 Å². The minimum absolute atomic E-state index is 0.140. The maximum atomic E-state index is 12.5. The molecule has 0 saturated heterocycles. The standard InChI is InChI=1S/C20H17ClN4O2/c1-24-16-6-2-3-7-17(16)25(20(24)27)10-8-18(26)23-15-12-14(21)11-13-5-4-9-22-19(13)15/h2-7,9,11-12H,8,10H2,1H3,(H,23,26). The molecule has 0 atom stereocenters. The van der Waals surface area contributed by atoms with E-state index >= 15 is 0 Å². The molecule has 2 heterocycles. The molecule has 2 aromatic carbocycles. The monoisotopic (exact) mass is 380 g/mol. The van der Waals surface area contributed by atoms with Gasteiger partial charge in [0.15, 0.2) is 0 Å². The first-order chi connectivity index (χ1) is 13.0. The third-order valence-electron chi connectivity index (χ3n) is 4.56. The summed E-state index contributed by atoms with van der Waals surface area (Å²) in [5.41, 5.74) is 2.76. The van der Waals surface area contributed by atoms with E-state index in [0.29, 0.717) is 16.2 Å². The molecule has 0 saturated carbocycles. The summed E-state index contributed by atoms with van der Waals surface area (Å²) in [7, 11) is 1.73. The summed E-state index contributed by atoms with van der Waals surface area (Å²) in [5.74, 6) is -0.205. The van der Waals surface area contributed by atoms with Gasteiger partial charge in [-0.25, -0.2) is 4.79 Å². The number of aryl methyl sites for hydroxylation is 2. The summed E-state index contributed by atoms with van der Waals surface area (Å²) in [6.07, 6.45) is 1.83. The van der Waals surface area contributed by atoms with E-state index < -0.39 is 0 Å². The number of fused-ring (bicyclic) bond motifs is 2. The molecule has 1 amide bonds. The van der Waals surface area contributed by atoms with Crippen molar-refractivity contribution in [3.63, 3.8) is 0 Å². The van der Waals surface area contributed by atoms with E-state index in [9.17, 15) is 9.59 Å². The van der Waals surface area contributed by atoms with Crippen molar-refractivity contribution in [3.05, 3.63) is 70.2 Å². The molecule has 2 aromatic heterocycles. The molecule has 0 aliphatic rings. The molecule has 0 spiro atoms. The van der Waals surface area contributed by atoms with Crippen LogP contribution in [0.25, 0.3) is 21.9 Å². The zero-order valence-corrected chi connectivity index (χ0v) is 15.4. The Kier molecular flexibility index (Phi) is 4.41. The lowest BCUT2D eigenvalue weighted by molar-refractivity contribution is -0.116. The van der Waals surface area contributed by atoms with Crippen molar-refractivity contribution in [1.82, 2.24) is 14.1 Å². The largest absolute Gasteiger partial charge is 0.328 e. The zero-order valence-electron chi connectivity index (χ0n) is 14.6. The Morgan fingerprint density at radius 2 is 1.93 bits per heavy atom. The van der Waals surface area contributed by atoms with Crippen molar-refractivity contribution in [2.24, 2.45) is 7.05 Å². The van der Waals surface area contributed by atoms with Gasteiger partial charge in [0, 0.05) is 36.6 Å². The van der Waals surface area contributed by atoms with Gasteiger partial charge in [-0.3, -0.25) is 18.9 Å². The Balaban J connectivity index is 1.57. The van der Waals surface area contributed by atoms with Crippen molar-refractivity contribution in [2.45, 2.75) is 13.0 Å². The average Bonchev–Trinajstić information content (AvgIpc) is 2.91. The van der Waals surface area contributed by atoms with Gasteiger partial charge < -0.3 is 5.32 Å². The number of nitrogens with zero attached hydrogens (tertiary/aromatic N) is 3. The van der Waals surface area contributed by atoms with Crippen molar-refractivity contribution in [1.29, 1.82) is 0 Å². The van der Waals surface area contributed by atoms with E-state index in [0.717, 1.165) is 16.4 Å². The normalized spacial score (nSPS) is 11.2. The van der Waals surface area contributed by atoms with E-state index in [1.807, 2.05) is 36.4 Å². The quantitative estimate of drug-likeness (QED) is 0.588. The third-order valence-corrected chi connectivity index (χ3v) is 4.78. The molecule has 0 aliphatic heterocycles. The second-order valence-electron chi connectivity index (χ2n) is 6.31. The number of halogens is 1. The van der Waals surface area contributed by atoms with Gasteiger partial charge in [0.1, 0.15) is 0 Å². The number of carbonyl (C=O) groups is 1. The molecule has 0 bridgehead atoms. The number of nitrogens with one attached hydrogen (secondary N) is 1. The van der Waals surface area contributed by atoms with Crippen LogP contribution in [-0.2, 0) is 18.4 Å². The van der Waals surface area contributed by atoms with Crippen LogP contribution in [0.1, 0.15) is 6.42 Å². The summed E-state index contributed by atoms with van der Waals surface area (Å²) in [5, 5.41) is 4.24. The van der Waals surface area contributed by atoms with Crippen LogP contribution >= 0.6 is 11.6 Å². The van der Waals surface area contributed by atoms with Gasteiger partial charge in [0.2, 0.25) is 5.91 Å². The molecule has 6 nitrogen and oxygen atoms in total. The van der Waals surface area contributed by atoms with Crippen LogP contribution in [0.3, 0.4) is 0 Å². The van der Waals surface area contributed by atoms with Gasteiger partial charge in [-0.05, 0) is 30.3 Å². The van der Waals surface area contributed by atoms with E-state index in [-0.39, 0.29) is 24.6 Å². The molecule has 0 aliphatic carbocycles. The zero-order chi connectivity index (χ0) is 19.0. The number of hydrogen-bond acceptors (Lipinski definition) is 3. The number of aromatic nitrogens is 3. The first-order valence-electron chi connectivity index (χ1n) is 8.53. The van der Waals surface area contributed by atoms with Crippen LogP contribution in [0, 0.1) is 0 Å². The predicted molar refractivity (Wildman–Crippen MR) is 107 cm³/mol. The van der Waals surface area contributed by atoms with Crippen molar-refractivity contribution in [2.75, 3.05) is 5.32 Å². The maximum absolute atomic E-state index is 12.5. The molecule has 0 fully saturated rings. The lowest BCUT2D eigenvalue weighted by atomic mass is 10.2. The van der Waals surface area contributed by atoms with Crippen LogP contribution < -0.4 is 11.0 Å². The minimum Gasteiger partial charge on any atom is -0.324 e. The summed E-state index contributed by atoms with van der Waals surface area (Å²) in [4.78, 5) is 29.3. The molecule has 136 valence electrons. The fraction of sp³-hybridized carbons (Fsp3) is 0.150. The Labute approximate surface area is 160 Å². The predicted octanol–water partition coefficient (Wildman–Crippen LogP) is 3.57. The van der Waals surface area contributed by atoms with Gasteiger partial charge in [-0.15, -0.1) is 0 Å². The molecule has 0 radical (unpaired) electrons. The molecule has 1 N–H and O–H groups in total. The summed E-state index contributed by atoms with van der Waals surface area (Å²) in [6, 6.07) is 14.7. The molecule has 4 aromatic rings. The fourth-order valence-electron chi connectivity index (χ4n) is 3.26. The van der Waals surface area contributed by atoms with E-state index in [1.165, 1.54) is 0 Å². The van der Waals surface area contributed by atoms with E-state index in [2.05, 4.69) is 10.3 Å². The number of carbonyl (C=O) groups excluding carboxylic acids is 1. The van der Waals surface area contributed by atoms with Crippen molar-refractivity contribution < 1.29 is 4.79 Å². The summed E-state index contributed by atoms with van der Waals surface area (Å²) in [6.45, 7) is 0.290. The number of rotatable bonds is 4. The number of benzene rings is 2. The Hall–Kier alpha value is -3.12. The van der Waals surface area contributed by atoms with Crippen LogP contribution in [0.15, 0.2) is 59.5 Å². The molecular weight excluding hydrogens is 364 g/mol. The van der Waals surface area contributed by atoms with Gasteiger partial charge in [0.05, 0.1) is 22.2 Å². The number of amides is 1. The fourth-order valence-corrected chi connectivity index (χ4v) is 3.48. The lowest BCUT2D eigenvalue weighted by Gasteiger charge is -2.09. The third kappa shape index (κ3) is 3.19. The van der Waals surface area contributed by atoms with Gasteiger partial charge in [-0.1, -0.05) is 29.8 Å². The molecule has 0 unspecified atom stereocenters. The summed E-state index contributed by atoms with van der Waals surface area (Å²) < 4.78 is 3.20. The van der Waals surface area contributed by atoms with E-state index in [4.69, 9.17) is 11.6 Å². The molecule has 7 heteroatoms. The lowest BCUT2D eigenvalue weighted by Crippen LogP contribution is -2.24. The van der Waals surface area contributed by atoms with Crippen LogP contribution in [-0.4, -0.2) is 20.0 Å². The van der Waals surface area contributed by atoms with Gasteiger partial charge in [-0.2, -0.15) is 0 Å². The Morgan fingerprint density at radius 3 is 2.74 bits per heavy atom. The number of pyridine rings is 1. The summed E-state index contributed by atoms with van der Waals surface area (Å²) >= 11 is 6.14. The second-order valence-corrected chi connectivity index (χ2v) is 6.75. The Bertz CT molecular complexity index is 1230. The molecular formula is C20H17ClN4O2. The minimum atomic E-state index is -0.205. The SMILES string of the molecule is Cn1c(=O)n(CCC(=O)Nc2cc(Cl)cc3cccnc23)c2ccccc21. The second kappa shape index (κ2) is 6.89. The molecule has 27 heavy (non-hydrogen) atoms. The van der Waals surface area contributed by atoms with Crippen LogP contribution in [0.2, 0.25) is 5.02 Å². The van der Waals surface area contributed by atoms with Crippen molar-refractivity contribution in [3.8, 4) is 0 Å². The van der Waals surface area contributed by atoms with Crippen LogP contribution in [0.4, 0.5) is 5.69 Å². The number of imidazole rings is 1. The van der Waals surface area contributed by atoms with Gasteiger partial charge >= 0.3 is 5.69 Å². The maximum Gasteiger partial charge on any atom is 0.328 e. The van der Waals surface area contributed by atoms with Gasteiger partial charge in [0.25, 0.3) is 0 Å².